The van der Waals surface area contributed by atoms with Crippen molar-refractivity contribution in [1.82, 2.24) is 5.32 Å². The highest BCUT2D eigenvalue weighted by Crippen LogP contribution is 2.24. The van der Waals surface area contributed by atoms with Crippen LogP contribution in [0.25, 0.3) is 0 Å². The number of sulfonamides is 1. The summed E-state index contributed by atoms with van der Waals surface area (Å²) in [6, 6.07) is 13.4. The SMILES string of the molecule is O=C(NCC(O)c1ccc(OC(F)(F)F)cc1)c1cccc(NS(=O)(=O)c2cccs2)c1. The second kappa shape index (κ2) is 9.59. The lowest BCUT2D eigenvalue weighted by molar-refractivity contribution is -0.274. The first kappa shape index (κ1) is 23.6. The predicted octanol–water partition coefficient (Wildman–Crippen LogP) is 3.91. The maximum absolute atomic E-state index is 12.4. The van der Waals surface area contributed by atoms with Gasteiger partial charge in [-0.2, -0.15) is 0 Å². The van der Waals surface area contributed by atoms with Gasteiger partial charge in [-0.1, -0.05) is 24.3 Å². The molecule has 0 aliphatic heterocycles. The number of carbonyl (C=O) groups is 1. The minimum absolute atomic E-state index is 0.127. The number of carbonyl (C=O) groups excluding carboxylic acids is 1. The van der Waals surface area contributed by atoms with E-state index in [1.165, 1.54) is 42.5 Å². The average molecular weight is 486 g/mol. The highest BCUT2D eigenvalue weighted by atomic mass is 32.2. The number of ether oxygens (including phenoxy) is 1. The summed E-state index contributed by atoms with van der Waals surface area (Å²) in [5.74, 6) is -1.00. The molecule has 2 aromatic carbocycles. The van der Waals surface area contributed by atoms with E-state index in [1.54, 1.807) is 11.4 Å². The van der Waals surface area contributed by atoms with Gasteiger partial charge in [0.2, 0.25) is 0 Å². The number of halogens is 3. The summed E-state index contributed by atoms with van der Waals surface area (Å²) in [5.41, 5.74) is 0.613. The minimum atomic E-state index is -4.82. The smallest absolute Gasteiger partial charge is 0.406 e. The molecule has 3 N–H and O–H groups in total. The molecule has 3 aromatic rings. The molecular formula is C20H17F3N2O5S2. The van der Waals surface area contributed by atoms with Crippen LogP contribution in [0.15, 0.2) is 70.3 Å². The van der Waals surface area contributed by atoms with E-state index in [1.807, 2.05) is 0 Å². The van der Waals surface area contributed by atoms with Crippen LogP contribution in [0.1, 0.15) is 22.0 Å². The lowest BCUT2D eigenvalue weighted by atomic mass is 10.1. The first-order chi connectivity index (χ1) is 15.0. The number of benzene rings is 2. The number of aliphatic hydroxyl groups excluding tert-OH is 1. The summed E-state index contributed by atoms with van der Waals surface area (Å²) >= 11 is 1.05. The number of alkyl halides is 3. The molecule has 3 rings (SSSR count). The van der Waals surface area contributed by atoms with Crippen LogP contribution in [0.3, 0.4) is 0 Å². The fourth-order valence-electron chi connectivity index (χ4n) is 2.65. The molecular weight excluding hydrogens is 469 g/mol. The molecule has 12 heteroatoms. The van der Waals surface area contributed by atoms with Crippen LogP contribution in [-0.4, -0.2) is 32.3 Å². The molecule has 0 aliphatic rings. The van der Waals surface area contributed by atoms with E-state index in [9.17, 15) is 31.5 Å². The molecule has 1 amide bonds. The maximum Gasteiger partial charge on any atom is 0.573 e. The number of nitrogens with one attached hydrogen (secondary N) is 2. The fraction of sp³-hybridized carbons (Fsp3) is 0.150. The van der Waals surface area contributed by atoms with Crippen molar-refractivity contribution < 1.29 is 36.2 Å². The number of rotatable bonds is 8. The van der Waals surface area contributed by atoms with E-state index >= 15 is 0 Å². The Morgan fingerprint density at radius 2 is 1.81 bits per heavy atom. The van der Waals surface area contributed by atoms with Crippen molar-refractivity contribution in [2.45, 2.75) is 16.7 Å². The monoisotopic (exact) mass is 486 g/mol. The number of amides is 1. The molecule has 1 unspecified atom stereocenters. The zero-order valence-electron chi connectivity index (χ0n) is 16.2. The molecule has 170 valence electrons. The quantitative estimate of drug-likeness (QED) is 0.448. The molecule has 1 atom stereocenters. The summed E-state index contributed by atoms with van der Waals surface area (Å²) in [4.78, 5) is 12.4. The van der Waals surface area contributed by atoms with Gasteiger partial charge in [-0.25, -0.2) is 8.42 Å². The number of hydrogen-bond acceptors (Lipinski definition) is 6. The third-order valence-electron chi connectivity index (χ3n) is 4.09. The highest BCUT2D eigenvalue weighted by molar-refractivity contribution is 7.94. The Balaban J connectivity index is 1.59. The van der Waals surface area contributed by atoms with Crippen molar-refractivity contribution in [3.63, 3.8) is 0 Å². The molecule has 1 aromatic heterocycles. The van der Waals surface area contributed by atoms with E-state index in [0.29, 0.717) is 0 Å². The highest BCUT2D eigenvalue weighted by Gasteiger charge is 2.31. The first-order valence-electron chi connectivity index (χ1n) is 9.02. The molecule has 0 aliphatic carbocycles. The molecule has 0 bridgehead atoms. The fourth-order valence-corrected chi connectivity index (χ4v) is 4.69. The van der Waals surface area contributed by atoms with E-state index < -0.39 is 34.1 Å². The van der Waals surface area contributed by atoms with Gasteiger partial charge in [0.15, 0.2) is 0 Å². The maximum atomic E-state index is 12.4. The van der Waals surface area contributed by atoms with Gasteiger partial charge in [-0.3, -0.25) is 9.52 Å². The van der Waals surface area contributed by atoms with Gasteiger partial charge >= 0.3 is 6.36 Å². The van der Waals surface area contributed by atoms with Crippen molar-refractivity contribution in [2.75, 3.05) is 11.3 Å². The van der Waals surface area contributed by atoms with Gasteiger partial charge in [-0.15, -0.1) is 24.5 Å². The van der Waals surface area contributed by atoms with Crippen LogP contribution in [-0.2, 0) is 10.0 Å². The van der Waals surface area contributed by atoms with Gasteiger partial charge in [-0.05, 0) is 47.3 Å². The van der Waals surface area contributed by atoms with Crippen LogP contribution in [0.2, 0.25) is 0 Å². The van der Waals surface area contributed by atoms with Crippen LogP contribution in [0.5, 0.6) is 5.75 Å². The zero-order valence-corrected chi connectivity index (χ0v) is 17.8. The Morgan fingerprint density at radius 1 is 1.09 bits per heavy atom. The largest absolute Gasteiger partial charge is 0.573 e. The van der Waals surface area contributed by atoms with Crippen molar-refractivity contribution >= 4 is 33.0 Å². The standard InChI is InChI=1S/C20H17F3N2O5S2/c21-20(22,23)30-16-8-6-13(7-9-16)17(26)12-24-19(27)14-3-1-4-15(11-14)25-32(28,29)18-5-2-10-31-18/h1-11,17,25-26H,12H2,(H,24,27). The third-order valence-corrected chi connectivity index (χ3v) is 6.87. The molecule has 0 saturated carbocycles. The average Bonchev–Trinajstić information content (AvgIpc) is 3.27. The van der Waals surface area contributed by atoms with Crippen LogP contribution in [0.4, 0.5) is 18.9 Å². The topological polar surface area (TPSA) is 105 Å². The molecule has 0 spiro atoms. The van der Waals surface area contributed by atoms with Crippen LogP contribution in [0, 0.1) is 0 Å². The van der Waals surface area contributed by atoms with Gasteiger partial charge in [0.05, 0.1) is 6.10 Å². The summed E-state index contributed by atoms with van der Waals surface area (Å²) in [6.45, 7) is -0.219. The number of aliphatic hydroxyl groups is 1. The summed E-state index contributed by atoms with van der Waals surface area (Å²) in [5, 5.41) is 14.3. The minimum Gasteiger partial charge on any atom is -0.406 e. The lowest BCUT2D eigenvalue weighted by Gasteiger charge is -2.14. The molecule has 0 saturated heterocycles. The van der Waals surface area contributed by atoms with E-state index in [-0.39, 0.29) is 27.6 Å². The summed E-state index contributed by atoms with van der Waals surface area (Å²) in [7, 11) is -3.77. The summed E-state index contributed by atoms with van der Waals surface area (Å²) < 4.78 is 67.5. The number of anilines is 1. The number of thiophene rings is 1. The van der Waals surface area contributed by atoms with Gasteiger partial charge in [0.1, 0.15) is 9.96 Å². The Morgan fingerprint density at radius 3 is 2.44 bits per heavy atom. The van der Waals surface area contributed by atoms with E-state index in [0.717, 1.165) is 23.5 Å². The Labute approximate surface area is 185 Å². The molecule has 7 nitrogen and oxygen atoms in total. The van der Waals surface area contributed by atoms with Crippen LogP contribution < -0.4 is 14.8 Å². The van der Waals surface area contributed by atoms with Crippen molar-refractivity contribution in [3.8, 4) is 5.75 Å². The van der Waals surface area contributed by atoms with Crippen molar-refractivity contribution in [3.05, 3.63) is 77.2 Å². The summed E-state index contributed by atoms with van der Waals surface area (Å²) in [6.07, 6.45) is -6.00. The third kappa shape index (κ3) is 6.45. The Kier molecular flexibility index (Phi) is 7.06. The predicted molar refractivity (Wildman–Crippen MR) is 112 cm³/mol. The Bertz CT molecular complexity index is 1160. The molecule has 32 heavy (non-hydrogen) atoms. The molecule has 0 fully saturated rings. The van der Waals surface area contributed by atoms with Crippen molar-refractivity contribution in [2.24, 2.45) is 0 Å². The van der Waals surface area contributed by atoms with E-state index in [4.69, 9.17) is 0 Å². The lowest BCUT2D eigenvalue weighted by Crippen LogP contribution is -2.28. The van der Waals surface area contributed by atoms with Gasteiger partial charge < -0.3 is 15.2 Å². The Hall–Kier alpha value is -3.09. The van der Waals surface area contributed by atoms with Crippen molar-refractivity contribution in [1.29, 1.82) is 0 Å². The molecule has 0 radical (unpaired) electrons. The van der Waals surface area contributed by atoms with Gasteiger partial charge in [0.25, 0.3) is 15.9 Å². The van der Waals surface area contributed by atoms with E-state index in [2.05, 4.69) is 14.8 Å². The normalized spacial score (nSPS) is 12.8. The first-order valence-corrected chi connectivity index (χ1v) is 11.4. The molecule has 1 heterocycles. The second-order valence-corrected chi connectivity index (χ2v) is 9.32. The van der Waals surface area contributed by atoms with Crippen LogP contribution >= 0.6 is 11.3 Å². The zero-order chi connectivity index (χ0) is 23.4. The number of hydrogen-bond donors (Lipinski definition) is 3. The van der Waals surface area contributed by atoms with Gasteiger partial charge in [0, 0.05) is 17.8 Å². The second-order valence-electron chi connectivity index (χ2n) is 6.46.